The molecule has 4 heteroatoms. The third-order valence-corrected chi connectivity index (χ3v) is 1.40. The number of hydrogen-bond acceptors (Lipinski definition) is 4. The Morgan fingerprint density at radius 1 is 1.20 bits per heavy atom. The molecule has 0 fully saturated rings. The average molecular weight is 212 g/mol. The van der Waals surface area contributed by atoms with E-state index in [-0.39, 0.29) is 12.6 Å². The van der Waals surface area contributed by atoms with Crippen LogP contribution in [0.4, 0.5) is 0 Å². The van der Waals surface area contributed by atoms with Crippen LogP contribution in [-0.4, -0.2) is 25.2 Å². The summed E-state index contributed by atoms with van der Waals surface area (Å²) >= 11 is 0. The predicted octanol–water partition coefficient (Wildman–Crippen LogP) is 1.62. The van der Waals surface area contributed by atoms with Gasteiger partial charge in [-0.2, -0.15) is 0 Å². The van der Waals surface area contributed by atoms with Crippen molar-refractivity contribution in [2.24, 2.45) is 0 Å². The summed E-state index contributed by atoms with van der Waals surface area (Å²) in [5, 5.41) is 0. The van der Waals surface area contributed by atoms with Crippen LogP contribution in [-0.2, 0) is 19.1 Å². The van der Waals surface area contributed by atoms with Crippen LogP contribution in [0.25, 0.3) is 0 Å². The Labute approximate surface area is 89.6 Å². The van der Waals surface area contributed by atoms with Gasteiger partial charge in [0.2, 0.25) is 0 Å². The summed E-state index contributed by atoms with van der Waals surface area (Å²) in [4.78, 5) is 21.5. The zero-order valence-corrected chi connectivity index (χ0v) is 8.90. The highest BCUT2D eigenvalue weighted by molar-refractivity contribution is 5.82. The molecule has 0 radical (unpaired) electrons. The second-order valence-electron chi connectivity index (χ2n) is 2.73. The highest BCUT2D eigenvalue weighted by atomic mass is 16.5. The van der Waals surface area contributed by atoms with Crippen LogP contribution in [0.1, 0.15) is 19.8 Å². The molecule has 0 heterocycles. The van der Waals surface area contributed by atoms with E-state index < -0.39 is 5.97 Å². The quantitative estimate of drug-likeness (QED) is 0.365. The molecule has 0 aromatic rings. The first-order valence-electron chi connectivity index (χ1n) is 4.83. The number of carbonyl (C=O) groups excluding carboxylic acids is 2. The van der Waals surface area contributed by atoms with Crippen LogP contribution in [0, 0.1) is 0 Å². The van der Waals surface area contributed by atoms with Crippen molar-refractivity contribution in [2.45, 2.75) is 19.8 Å². The van der Waals surface area contributed by atoms with Crippen molar-refractivity contribution in [1.29, 1.82) is 0 Å². The minimum atomic E-state index is -0.461. The van der Waals surface area contributed by atoms with E-state index in [1.807, 2.05) is 6.92 Å². The van der Waals surface area contributed by atoms with E-state index in [4.69, 9.17) is 9.47 Å². The molecule has 15 heavy (non-hydrogen) atoms. The molecule has 0 aromatic carbocycles. The van der Waals surface area contributed by atoms with Gasteiger partial charge in [-0.3, -0.25) is 0 Å². The zero-order valence-electron chi connectivity index (χ0n) is 8.90. The second-order valence-corrected chi connectivity index (χ2v) is 2.73. The van der Waals surface area contributed by atoms with E-state index in [9.17, 15) is 9.59 Å². The minimum Gasteiger partial charge on any atom is -0.463 e. The molecule has 0 atom stereocenters. The van der Waals surface area contributed by atoms with Crippen LogP contribution in [0.3, 0.4) is 0 Å². The van der Waals surface area contributed by atoms with E-state index >= 15 is 0 Å². The largest absolute Gasteiger partial charge is 0.463 e. The summed E-state index contributed by atoms with van der Waals surface area (Å²) < 4.78 is 9.48. The van der Waals surface area contributed by atoms with Gasteiger partial charge in [-0.15, -0.1) is 0 Å². The number of ether oxygens (including phenoxy) is 2. The summed E-state index contributed by atoms with van der Waals surface area (Å²) in [7, 11) is 0. The van der Waals surface area contributed by atoms with Crippen LogP contribution < -0.4 is 0 Å². The summed E-state index contributed by atoms with van der Waals surface area (Å²) in [6, 6.07) is 0. The normalized spacial score (nSPS) is 9.93. The Kier molecular flexibility index (Phi) is 8.05. The van der Waals surface area contributed by atoms with Gasteiger partial charge in [0.1, 0.15) is 0 Å². The summed E-state index contributed by atoms with van der Waals surface area (Å²) in [6.45, 7) is 5.84. The van der Waals surface area contributed by atoms with Gasteiger partial charge in [0.25, 0.3) is 0 Å². The van der Waals surface area contributed by atoms with Crippen molar-refractivity contribution in [3.05, 3.63) is 24.8 Å². The lowest BCUT2D eigenvalue weighted by Gasteiger charge is -1.98. The van der Waals surface area contributed by atoms with Crippen molar-refractivity contribution in [3.8, 4) is 0 Å². The van der Waals surface area contributed by atoms with Gasteiger partial charge >= 0.3 is 11.9 Å². The third-order valence-electron chi connectivity index (χ3n) is 1.40. The monoisotopic (exact) mass is 212 g/mol. The molecule has 0 saturated carbocycles. The predicted molar refractivity (Wildman–Crippen MR) is 56.2 cm³/mol. The molecule has 84 valence electrons. The van der Waals surface area contributed by atoms with Crippen LogP contribution in [0.5, 0.6) is 0 Å². The molecule has 0 saturated heterocycles. The Morgan fingerprint density at radius 2 is 1.87 bits per heavy atom. The summed E-state index contributed by atoms with van der Waals surface area (Å²) in [5.74, 6) is -0.830. The molecule has 0 spiro atoms. The lowest BCUT2D eigenvalue weighted by Crippen LogP contribution is -2.02. The Bertz CT molecular complexity index is 243. The molecule has 0 aromatic heterocycles. The molecule has 4 nitrogen and oxygen atoms in total. The highest BCUT2D eigenvalue weighted by Crippen LogP contribution is 1.90. The highest BCUT2D eigenvalue weighted by Gasteiger charge is 1.95. The van der Waals surface area contributed by atoms with E-state index in [0.29, 0.717) is 13.0 Å². The number of hydrogen-bond donors (Lipinski definition) is 0. The smallest absolute Gasteiger partial charge is 0.330 e. The Balaban J connectivity index is 3.49. The Morgan fingerprint density at radius 3 is 2.47 bits per heavy atom. The van der Waals surface area contributed by atoms with Crippen LogP contribution >= 0.6 is 0 Å². The maximum absolute atomic E-state index is 10.9. The lowest BCUT2D eigenvalue weighted by atomic mass is 10.4. The van der Waals surface area contributed by atoms with E-state index in [1.165, 1.54) is 6.08 Å². The van der Waals surface area contributed by atoms with Crippen molar-refractivity contribution in [2.75, 3.05) is 13.2 Å². The second kappa shape index (κ2) is 8.99. The van der Waals surface area contributed by atoms with Gasteiger partial charge in [0, 0.05) is 18.6 Å². The maximum atomic E-state index is 10.9. The first-order valence-corrected chi connectivity index (χ1v) is 4.83. The summed E-state index contributed by atoms with van der Waals surface area (Å²) in [6.07, 6.45) is 5.32. The fourth-order valence-corrected chi connectivity index (χ4v) is 0.717. The van der Waals surface area contributed by atoms with E-state index in [0.717, 1.165) is 12.5 Å². The lowest BCUT2D eigenvalue weighted by molar-refractivity contribution is -0.138. The number of esters is 2. The van der Waals surface area contributed by atoms with Crippen molar-refractivity contribution in [3.63, 3.8) is 0 Å². The Hall–Kier alpha value is -1.58. The van der Waals surface area contributed by atoms with Crippen molar-refractivity contribution in [1.82, 2.24) is 0 Å². The molecule has 0 unspecified atom stereocenters. The van der Waals surface area contributed by atoms with Crippen LogP contribution in [0.15, 0.2) is 24.8 Å². The van der Waals surface area contributed by atoms with Crippen LogP contribution in [0.2, 0.25) is 0 Å². The molecule has 0 rings (SSSR count). The molecular formula is C11H16O4. The van der Waals surface area contributed by atoms with Gasteiger partial charge in [-0.25, -0.2) is 9.59 Å². The fraction of sp³-hybridized carbons (Fsp3) is 0.455. The minimum absolute atomic E-state index is 0.239. The van der Waals surface area contributed by atoms with Crippen molar-refractivity contribution >= 4 is 11.9 Å². The molecule has 0 amide bonds. The van der Waals surface area contributed by atoms with Crippen molar-refractivity contribution < 1.29 is 19.1 Å². The fourth-order valence-electron chi connectivity index (χ4n) is 0.717. The standard InChI is InChI=1S/C11H16O4/c1-3-8-14-11(13)7-5-6-9-15-10(12)4-2/h4-5,7H,2-3,6,8-9H2,1H3. The number of carbonyl (C=O) groups is 2. The molecule has 0 N–H and O–H groups in total. The van der Waals surface area contributed by atoms with Gasteiger partial charge in [-0.1, -0.05) is 19.6 Å². The molecule has 0 aliphatic rings. The van der Waals surface area contributed by atoms with Gasteiger partial charge in [-0.05, 0) is 6.42 Å². The topological polar surface area (TPSA) is 52.6 Å². The molecule has 0 bridgehead atoms. The van der Waals surface area contributed by atoms with Gasteiger partial charge in [0.05, 0.1) is 13.2 Å². The summed E-state index contributed by atoms with van der Waals surface area (Å²) in [5.41, 5.74) is 0. The van der Waals surface area contributed by atoms with E-state index in [1.54, 1.807) is 6.08 Å². The number of rotatable bonds is 7. The molecular weight excluding hydrogens is 196 g/mol. The SMILES string of the molecule is C=CC(=O)OCCC=CC(=O)OCCC. The zero-order chi connectivity index (χ0) is 11.5. The van der Waals surface area contributed by atoms with E-state index in [2.05, 4.69) is 6.58 Å². The molecule has 0 aliphatic carbocycles. The van der Waals surface area contributed by atoms with Gasteiger partial charge in [0.15, 0.2) is 0 Å². The first kappa shape index (κ1) is 13.4. The molecule has 0 aliphatic heterocycles. The first-order chi connectivity index (χ1) is 7.20. The third kappa shape index (κ3) is 8.74. The average Bonchev–Trinajstić information content (AvgIpc) is 2.25. The van der Waals surface area contributed by atoms with Gasteiger partial charge < -0.3 is 9.47 Å². The maximum Gasteiger partial charge on any atom is 0.330 e.